The van der Waals surface area contributed by atoms with Gasteiger partial charge in [-0.1, -0.05) is 6.92 Å². The Morgan fingerprint density at radius 2 is 2.04 bits per heavy atom. The van der Waals surface area contributed by atoms with Gasteiger partial charge in [-0.25, -0.2) is 0 Å². The Balaban J connectivity index is 1.34. The van der Waals surface area contributed by atoms with Gasteiger partial charge in [-0.3, -0.25) is 9.69 Å². The van der Waals surface area contributed by atoms with E-state index in [0.717, 1.165) is 36.1 Å². The summed E-state index contributed by atoms with van der Waals surface area (Å²) in [5, 5.41) is 3.00. The number of carbonyl (C=O) groups is 1. The van der Waals surface area contributed by atoms with Crippen LogP contribution in [0.3, 0.4) is 0 Å². The summed E-state index contributed by atoms with van der Waals surface area (Å²) in [6, 6.07) is 7.88. The number of rotatable bonds is 7. The molecule has 150 valence electrons. The third-order valence-corrected chi connectivity index (χ3v) is 5.57. The molecule has 0 aromatic carbocycles. The third kappa shape index (κ3) is 4.56. The van der Waals surface area contributed by atoms with E-state index >= 15 is 0 Å². The molecule has 1 N–H and O–H groups in total. The molecule has 1 saturated carbocycles. The summed E-state index contributed by atoms with van der Waals surface area (Å²) in [5.41, 5.74) is 0. The van der Waals surface area contributed by atoms with Crippen LogP contribution in [0.5, 0.6) is 0 Å². The van der Waals surface area contributed by atoms with Gasteiger partial charge in [0.05, 0.1) is 19.3 Å². The first-order valence-corrected chi connectivity index (χ1v) is 10.0. The Kier molecular flexibility index (Phi) is 5.69. The molecule has 1 saturated heterocycles. The maximum Gasteiger partial charge on any atom is 0.244 e. The predicted octanol–water partition coefficient (Wildman–Crippen LogP) is 3.51. The summed E-state index contributed by atoms with van der Waals surface area (Å²) in [7, 11) is 0. The topological polar surface area (TPSA) is 67.9 Å². The fourth-order valence-corrected chi connectivity index (χ4v) is 3.72. The first kappa shape index (κ1) is 19.0. The zero-order valence-electron chi connectivity index (χ0n) is 16.5. The van der Waals surface area contributed by atoms with Crippen LogP contribution in [0.25, 0.3) is 6.08 Å². The number of carbonyl (C=O) groups excluding carboxylic acids is 1. The van der Waals surface area contributed by atoms with Gasteiger partial charge in [-0.2, -0.15) is 0 Å². The average Bonchev–Trinajstić information content (AvgIpc) is 3.08. The van der Waals surface area contributed by atoms with E-state index in [-0.39, 0.29) is 11.9 Å². The number of amides is 1. The van der Waals surface area contributed by atoms with Crippen molar-refractivity contribution in [1.29, 1.82) is 0 Å². The molecule has 2 fully saturated rings. The van der Waals surface area contributed by atoms with E-state index in [1.165, 1.54) is 12.5 Å². The summed E-state index contributed by atoms with van der Waals surface area (Å²) >= 11 is 0. The molecule has 3 unspecified atom stereocenters. The molecule has 1 aliphatic heterocycles. The molecule has 28 heavy (non-hydrogen) atoms. The van der Waals surface area contributed by atoms with E-state index < -0.39 is 0 Å². The highest BCUT2D eigenvalue weighted by Crippen LogP contribution is 2.47. The number of hydrogen-bond acceptors (Lipinski definition) is 5. The Morgan fingerprint density at radius 3 is 2.71 bits per heavy atom. The molecule has 4 rings (SSSR count). The molecule has 0 bridgehead atoms. The molecule has 1 aliphatic carbocycles. The smallest absolute Gasteiger partial charge is 0.244 e. The molecule has 6 nitrogen and oxygen atoms in total. The van der Waals surface area contributed by atoms with Crippen LogP contribution < -0.4 is 5.32 Å². The minimum absolute atomic E-state index is 0.00141. The highest BCUT2D eigenvalue weighted by molar-refractivity contribution is 5.91. The number of nitrogens with zero attached hydrogens (tertiary/aromatic N) is 1. The van der Waals surface area contributed by atoms with Crippen molar-refractivity contribution in [3.8, 4) is 0 Å². The lowest BCUT2D eigenvalue weighted by Gasteiger charge is -2.33. The maximum absolute atomic E-state index is 12.3. The normalized spacial score (nSPS) is 23.8. The second-order valence-corrected chi connectivity index (χ2v) is 7.75. The van der Waals surface area contributed by atoms with Crippen LogP contribution in [0.15, 0.2) is 39.2 Å². The van der Waals surface area contributed by atoms with E-state index in [1.54, 1.807) is 6.08 Å². The predicted molar refractivity (Wildman–Crippen MR) is 106 cm³/mol. The van der Waals surface area contributed by atoms with E-state index in [1.807, 2.05) is 31.2 Å². The van der Waals surface area contributed by atoms with Crippen molar-refractivity contribution >= 4 is 12.0 Å². The van der Waals surface area contributed by atoms with Crippen molar-refractivity contribution in [2.24, 2.45) is 5.92 Å². The molecule has 3 atom stereocenters. The molecule has 3 heterocycles. The minimum Gasteiger partial charge on any atom is -0.465 e. The molecular weight excluding hydrogens is 356 g/mol. The summed E-state index contributed by atoms with van der Waals surface area (Å²) in [6.45, 7) is 7.69. The molecule has 2 aromatic heterocycles. The fourth-order valence-electron chi connectivity index (χ4n) is 3.72. The summed E-state index contributed by atoms with van der Waals surface area (Å²) in [6.07, 6.45) is 4.45. The van der Waals surface area contributed by atoms with Gasteiger partial charge >= 0.3 is 0 Å². The molecule has 2 aliphatic rings. The van der Waals surface area contributed by atoms with E-state index in [9.17, 15) is 4.79 Å². The molecule has 6 heteroatoms. The van der Waals surface area contributed by atoms with Crippen LogP contribution in [-0.2, 0) is 9.53 Å². The molecule has 2 aromatic rings. The number of ether oxygens (including phenoxy) is 1. The maximum atomic E-state index is 12.3. The average molecular weight is 384 g/mol. The summed E-state index contributed by atoms with van der Waals surface area (Å²) in [5.74, 6) is 4.59. The third-order valence-electron chi connectivity index (χ3n) is 5.57. The quantitative estimate of drug-likeness (QED) is 0.740. The lowest BCUT2D eigenvalue weighted by atomic mass is 10.1. The van der Waals surface area contributed by atoms with Crippen molar-refractivity contribution in [2.75, 3.05) is 32.8 Å². The summed E-state index contributed by atoms with van der Waals surface area (Å²) < 4.78 is 17.1. The first-order valence-electron chi connectivity index (χ1n) is 10.0. The number of nitrogens with one attached hydrogen (secondary N) is 1. The monoisotopic (exact) mass is 384 g/mol. The van der Waals surface area contributed by atoms with Crippen LogP contribution in [0.4, 0.5) is 0 Å². The standard InChI is InChI=1S/C22H28N2O4/c1-15-13-18(15)20-7-4-17(28-20)5-8-22(25)23-14-19(21-6-3-16(2)27-21)24-9-11-26-12-10-24/h3-8,15,18-19H,9-14H2,1-2H3,(H,23,25)/b8-5+. The van der Waals surface area contributed by atoms with E-state index in [4.69, 9.17) is 13.6 Å². The second kappa shape index (κ2) is 8.37. The number of aryl methyl sites for hydroxylation is 1. The fraction of sp³-hybridized carbons (Fsp3) is 0.500. The van der Waals surface area contributed by atoms with Gasteiger partial charge in [0.15, 0.2) is 0 Å². The van der Waals surface area contributed by atoms with Gasteiger partial charge in [0.2, 0.25) is 5.91 Å². The number of hydrogen-bond donors (Lipinski definition) is 1. The van der Waals surface area contributed by atoms with E-state index in [0.29, 0.717) is 31.6 Å². The molecule has 1 amide bonds. The highest BCUT2D eigenvalue weighted by Gasteiger charge is 2.36. The molecular formula is C22H28N2O4. The molecule has 0 spiro atoms. The van der Waals surface area contributed by atoms with Crippen LogP contribution in [0, 0.1) is 12.8 Å². The number of furan rings is 2. The lowest BCUT2D eigenvalue weighted by Crippen LogP contribution is -2.43. The summed E-state index contributed by atoms with van der Waals surface area (Å²) in [4.78, 5) is 14.6. The van der Waals surface area contributed by atoms with Gasteiger partial charge in [0.25, 0.3) is 0 Å². The van der Waals surface area contributed by atoms with Crippen LogP contribution in [-0.4, -0.2) is 43.7 Å². The Bertz CT molecular complexity index is 831. The SMILES string of the molecule is Cc1ccc(C(CNC(=O)/C=C/c2ccc(C3CC3C)o2)N2CCOCC2)o1. The van der Waals surface area contributed by atoms with Crippen molar-refractivity contribution in [2.45, 2.75) is 32.2 Å². The van der Waals surface area contributed by atoms with Crippen LogP contribution >= 0.6 is 0 Å². The second-order valence-electron chi connectivity index (χ2n) is 7.75. The van der Waals surface area contributed by atoms with Crippen molar-refractivity contribution in [3.05, 3.63) is 53.4 Å². The number of morpholine rings is 1. The van der Waals surface area contributed by atoms with Gasteiger partial charge in [-0.05, 0) is 49.6 Å². The van der Waals surface area contributed by atoms with Gasteiger partial charge in [0.1, 0.15) is 23.0 Å². The van der Waals surface area contributed by atoms with E-state index in [2.05, 4.69) is 17.1 Å². The zero-order chi connectivity index (χ0) is 19.5. The van der Waals surface area contributed by atoms with Gasteiger partial charge in [0, 0.05) is 31.6 Å². The zero-order valence-corrected chi connectivity index (χ0v) is 16.5. The lowest BCUT2D eigenvalue weighted by molar-refractivity contribution is -0.116. The minimum atomic E-state index is -0.140. The highest BCUT2D eigenvalue weighted by atomic mass is 16.5. The van der Waals surface area contributed by atoms with Crippen molar-refractivity contribution < 1.29 is 18.4 Å². The van der Waals surface area contributed by atoms with Crippen LogP contribution in [0.2, 0.25) is 0 Å². The van der Waals surface area contributed by atoms with Gasteiger partial charge < -0.3 is 18.9 Å². The van der Waals surface area contributed by atoms with Crippen molar-refractivity contribution in [3.63, 3.8) is 0 Å². The Hall–Kier alpha value is -2.31. The Morgan fingerprint density at radius 1 is 1.25 bits per heavy atom. The molecule has 0 radical (unpaired) electrons. The van der Waals surface area contributed by atoms with Gasteiger partial charge in [-0.15, -0.1) is 0 Å². The first-order chi connectivity index (χ1) is 13.6. The van der Waals surface area contributed by atoms with Crippen LogP contribution in [0.1, 0.15) is 48.3 Å². The Labute approximate surface area is 165 Å². The van der Waals surface area contributed by atoms with Crippen molar-refractivity contribution in [1.82, 2.24) is 10.2 Å². The largest absolute Gasteiger partial charge is 0.465 e.